The molecule has 0 unspecified atom stereocenters. The fourth-order valence-corrected chi connectivity index (χ4v) is 3.95. The van der Waals surface area contributed by atoms with Crippen molar-refractivity contribution < 1.29 is 38.1 Å². The maximum absolute atomic E-state index is 13.5. The number of ether oxygens (including phenoxy) is 5. The minimum atomic E-state index is -1.86. The van der Waals surface area contributed by atoms with Crippen molar-refractivity contribution in [2.45, 2.75) is 32.5 Å². The van der Waals surface area contributed by atoms with Crippen LogP contribution in [0.25, 0.3) is 6.08 Å². The van der Waals surface area contributed by atoms with Gasteiger partial charge in [0.1, 0.15) is 23.5 Å². The molecule has 2 saturated heterocycles. The number of carbonyl (C=O) groups excluding carboxylic acids is 3. The van der Waals surface area contributed by atoms with Crippen LogP contribution in [-0.4, -0.2) is 69.4 Å². The van der Waals surface area contributed by atoms with E-state index in [4.69, 9.17) is 23.7 Å². The summed E-state index contributed by atoms with van der Waals surface area (Å²) >= 11 is 0. The molecule has 3 rings (SSSR count). The van der Waals surface area contributed by atoms with Gasteiger partial charge in [0.2, 0.25) is 11.3 Å². The first kappa shape index (κ1) is 22.6. The van der Waals surface area contributed by atoms with Crippen molar-refractivity contribution in [1.29, 1.82) is 0 Å². The highest BCUT2D eigenvalue weighted by Gasteiger charge is 2.69. The summed E-state index contributed by atoms with van der Waals surface area (Å²) in [5, 5.41) is 0. The van der Waals surface area contributed by atoms with Crippen molar-refractivity contribution in [2.24, 2.45) is 5.41 Å². The van der Waals surface area contributed by atoms with Gasteiger partial charge in [-0.15, -0.1) is 0 Å². The van der Waals surface area contributed by atoms with Crippen molar-refractivity contribution in [1.82, 2.24) is 4.90 Å². The predicted octanol–water partition coefficient (Wildman–Crippen LogP) is 1.82. The summed E-state index contributed by atoms with van der Waals surface area (Å²) in [6.45, 7) is 5.31. The topological polar surface area (TPSA) is 101 Å². The number of hydrogen-bond acceptors (Lipinski definition) is 8. The van der Waals surface area contributed by atoms with Crippen LogP contribution in [0.4, 0.5) is 0 Å². The summed E-state index contributed by atoms with van der Waals surface area (Å²) in [6, 6.07) is 3.22. The molecule has 2 fully saturated rings. The lowest BCUT2D eigenvalue weighted by Crippen LogP contribution is -2.57. The van der Waals surface area contributed by atoms with Gasteiger partial charge in [-0.2, -0.15) is 0 Å². The Morgan fingerprint density at radius 3 is 2.13 bits per heavy atom. The van der Waals surface area contributed by atoms with E-state index in [1.807, 2.05) is 20.8 Å². The van der Waals surface area contributed by atoms with Crippen molar-refractivity contribution in [3.63, 3.8) is 0 Å². The van der Waals surface area contributed by atoms with E-state index < -0.39 is 34.8 Å². The smallest absolute Gasteiger partial charge is 0.342 e. The first-order valence-electron chi connectivity index (χ1n) is 9.67. The van der Waals surface area contributed by atoms with Gasteiger partial charge in [0, 0.05) is 17.5 Å². The molecule has 0 aliphatic carbocycles. The first-order chi connectivity index (χ1) is 14.6. The Labute approximate surface area is 180 Å². The Morgan fingerprint density at radius 2 is 1.68 bits per heavy atom. The number of esters is 1. The molecule has 0 aromatic heterocycles. The van der Waals surface area contributed by atoms with Crippen LogP contribution in [0, 0.1) is 5.41 Å². The van der Waals surface area contributed by atoms with Gasteiger partial charge < -0.3 is 23.7 Å². The molecule has 9 heteroatoms. The number of benzene rings is 1. The van der Waals surface area contributed by atoms with Crippen LogP contribution in [0.5, 0.6) is 17.2 Å². The van der Waals surface area contributed by atoms with Gasteiger partial charge in [-0.1, -0.05) is 20.8 Å². The standard InChI is InChI=1S/C22H27NO8/c1-21(2,3)19-23-18(25)14(17(24)22(23,11-31-19)20(26)30-7)10-13-15(28-5)8-12(27-4)9-16(13)29-6/h8-10,19H,11H2,1-7H3/b14-10+/t19-,22-/m1/s1. The van der Waals surface area contributed by atoms with E-state index in [-0.39, 0.29) is 12.2 Å². The highest BCUT2D eigenvalue weighted by atomic mass is 16.6. The average Bonchev–Trinajstić information content (AvgIpc) is 3.25. The second-order valence-corrected chi connectivity index (χ2v) is 8.39. The molecule has 0 radical (unpaired) electrons. The number of amides is 1. The van der Waals surface area contributed by atoms with Crippen molar-refractivity contribution >= 4 is 23.7 Å². The van der Waals surface area contributed by atoms with Crippen LogP contribution in [0.3, 0.4) is 0 Å². The number of nitrogens with zero attached hydrogens (tertiary/aromatic N) is 1. The number of ketones is 1. The van der Waals surface area contributed by atoms with E-state index in [0.29, 0.717) is 22.8 Å². The first-order valence-corrected chi connectivity index (χ1v) is 9.67. The molecule has 0 saturated carbocycles. The van der Waals surface area contributed by atoms with Gasteiger partial charge in [-0.25, -0.2) is 4.79 Å². The molecular weight excluding hydrogens is 406 g/mol. The van der Waals surface area contributed by atoms with E-state index in [0.717, 1.165) is 0 Å². The highest BCUT2D eigenvalue weighted by molar-refractivity contribution is 6.37. The predicted molar refractivity (Wildman–Crippen MR) is 110 cm³/mol. The zero-order chi connectivity index (χ0) is 23.1. The Morgan fingerprint density at radius 1 is 1.10 bits per heavy atom. The van der Waals surface area contributed by atoms with Crippen LogP contribution in [0.2, 0.25) is 0 Å². The molecule has 2 heterocycles. The molecule has 1 amide bonds. The van der Waals surface area contributed by atoms with Gasteiger partial charge in [-0.05, 0) is 6.08 Å². The molecular formula is C22H27NO8. The molecule has 31 heavy (non-hydrogen) atoms. The number of methoxy groups -OCH3 is 4. The third kappa shape index (κ3) is 3.33. The third-order valence-electron chi connectivity index (χ3n) is 5.47. The minimum absolute atomic E-state index is 0.176. The molecule has 1 aromatic carbocycles. The summed E-state index contributed by atoms with van der Waals surface area (Å²) in [4.78, 5) is 40.9. The minimum Gasteiger partial charge on any atom is -0.496 e. The monoisotopic (exact) mass is 433 g/mol. The fourth-order valence-electron chi connectivity index (χ4n) is 3.95. The average molecular weight is 433 g/mol. The lowest BCUT2D eigenvalue weighted by atomic mass is 9.90. The zero-order valence-corrected chi connectivity index (χ0v) is 18.7. The second-order valence-electron chi connectivity index (χ2n) is 8.39. The van der Waals surface area contributed by atoms with Gasteiger partial charge in [0.05, 0.1) is 46.2 Å². The number of carbonyl (C=O) groups is 3. The normalized spacial score (nSPS) is 24.4. The van der Waals surface area contributed by atoms with Crippen molar-refractivity contribution in [3.05, 3.63) is 23.3 Å². The maximum Gasteiger partial charge on any atom is 0.342 e. The SMILES string of the molecule is COC(=O)[C@]12CO[C@H](C(C)(C)C)N1C(=O)/C(=C/c1c(OC)cc(OC)cc1OC)C2=O. The van der Waals surface area contributed by atoms with Crippen LogP contribution >= 0.6 is 0 Å². The molecule has 2 aliphatic rings. The van der Waals surface area contributed by atoms with Crippen molar-refractivity contribution in [3.8, 4) is 17.2 Å². The molecule has 2 aliphatic heterocycles. The lowest BCUT2D eigenvalue weighted by Gasteiger charge is -2.35. The van der Waals surface area contributed by atoms with Gasteiger partial charge in [0.15, 0.2) is 0 Å². The van der Waals surface area contributed by atoms with Crippen molar-refractivity contribution in [2.75, 3.05) is 35.0 Å². The number of rotatable bonds is 5. The maximum atomic E-state index is 13.5. The van der Waals surface area contributed by atoms with Crippen LogP contribution in [0.15, 0.2) is 17.7 Å². The summed E-state index contributed by atoms with van der Waals surface area (Å²) in [5.41, 5.74) is -2.21. The molecule has 0 N–H and O–H groups in total. The zero-order valence-electron chi connectivity index (χ0n) is 18.7. The largest absolute Gasteiger partial charge is 0.496 e. The summed E-state index contributed by atoms with van der Waals surface area (Å²) in [6.07, 6.45) is 0.596. The Kier molecular flexibility index (Phi) is 5.75. The molecule has 0 bridgehead atoms. The molecule has 168 valence electrons. The van der Waals surface area contributed by atoms with E-state index >= 15 is 0 Å². The highest BCUT2D eigenvalue weighted by Crippen LogP contribution is 2.46. The van der Waals surface area contributed by atoms with E-state index in [9.17, 15) is 14.4 Å². The quantitative estimate of drug-likeness (QED) is 0.300. The van der Waals surface area contributed by atoms with E-state index in [2.05, 4.69) is 0 Å². The van der Waals surface area contributed by atoms with Crippen LogP contribution in [0.1, 0.15) is 26.3 Å². The number of hydrogen-bond donors (Lipinski definition) is 0. The number of Topliss-reactive ketones (excluding diaryl/α,β-unsaturated/α-hetero) is 1. The van der Waals surface area contributed by atoms with Gasteiger partial charge in [0.25, 0.3) is 5.91 Å². The van der Waals surface area contributed by atoms with Gasteiger partial charge in [-0.3, -0.25) is 14.5 Å². The molecule has 0 spiro atoms. The van der Waals surface area contributed by atoms with Crippen LogP contribution in [-0.2, 0) is 23.9 Å². The third-order valence-corrected chi connectivity index (χ3v) is 5.47. The summed E-state index contributed by atoms with van der Waals surface area (Å²) < 4.78 is 26.7. The fraction of sp³-hybridized carbons (Fsp3) is 0.500. The van der Waals surface area contributed by atoms with E-state index in [1.54, 1.807) is 12.1 Å². The summed E-state index contributed by atoms with van der Waals surface area (Å²) in [7, 11) is 5.57. The van der Waals surface area contributed by atoms with Crippen LogP contribution < -0.4 is 14.2 Å². The molecule has 9 nitrogen and oxygen atoms in total. The summed E-state index contributed by atoms with van der Waals surface area (Å²) in [5.74, 6) is -0.981. The number of fused-ring (bicyclic) bond motifs is 1. The molecule has 1 aromatic rings. The Hall–Kier alpha value is -3.07. The molecule has 2 atom stereocenters. The Balaban J connectivity index is 2.21. The second kappa shape index (κ2) is 7.88. The van der Waals surface area contributed by atoms with Gasteiger partial charge >= 0.3 is 5.97 Å². The van der Waals surface area contributed by atoms with E-state index in [1.165, 1.54) is 39.4 Å². The lowest BCUT2D eigenvalue weighted by molar-refractivity contribution is -0.160. The Bertz CT molecular complexity index is 936.